The van der Waals surface area contributed by atoms with Crippen molar-refractivity contribution in [1.82, 2.24) is 9.88 Å². The highest BCUT2D eigenvalue weighted by molar-refractivity contribution is 7.10. The molecule has 2 aromatic heterocycles. The van der Waals surface area contributed by atoms with Crippen molar-refractivity contribution in [3.63, 3.8) is 0 Å². The maximum Gasteiger partial charge on any atom is 0.104 e. The van der Waals surface area contributed by atoms with Crippen LogP contribution >= 0.6 is 11.3 Å². The van der Waals surface area contributed by atoms with Gasteiger partial charge in [0.25, 0.3) is 0 Å². The fourth-order valence-electron chi connectivity index (χ4n) is 1.76. The lowest BCUT2D eigenvalue weighted by Crippen LogP contribution is -2.17. The smallest absolute Gasteiger partial charge is 0.104 e. The Balaban J connectivity index is 1.92. The molecule has 0 aliphatic carbocycles. The van der Waals surface area contributed by atoms with Crippen LogP contribution in [0.4, 0.5) is 0 Å². The molecule has 0 unspecified atom stereocenters. The zero-order chi connectivity index (χ0) is 13.5. The molecule has 1 N–H and O–H groups in total. The number of aliphatic hydroxyl groups excluding tert-OH is 1. The van der Waals surface area contributed by atoms with Crippen molar-refractivity contribution >= 4 is 11.3 Å². The van der Waals surface area contributed by atoms with E-state index in [9.17, 15) is 0 Å². The standard InChI is InChI=1S/C15H16N2OS/c1-17(10-14-6-2-3-7-16-14)11-15-9-13(12-19-15)5-4-8-18/h2-3,6-7,9,12,18H,8,10-11H2,1H3. The van der Waals surface area contributed by atoms with E-state index < -0.39 is 0 Å². The summed E-state index contributed by atoms with van der Waals surface area (Å²) in [7, 11) is 2.08. The second kappa shape index (κ2) is 7.05. The van der Waals surface area contributed by atoms with E-state index in [4.69, 9.17) is 5.11 Å². The van der Waals surface area contributed by atoms with E-state index in [1.807, 2.05) is 29.8 Å². The van der Waals surface area contributed by atoms with E-state index in [2.05, 4.69) is 34.8 Å². The van der Waals surface area contributed by atoms with Crippen LogP contribution in [0.2, 0.25) is 0 Å². The molecule has 0 aromatic carbocycles. The number of nitrogens with zero attached hydrogens (tertiary/aromatic N) is 2. The van der Waals surface area contributed by atoms with Gasteiger partial charge in [-0.25, -0.2) is 0 Å². The van der Waals surface area contributed by atoms with E-state index in [0.717, 1.165) is 24.3 Å². The molecule has 2 rings (SSSR count). The van der Waals surface area contributed by atoms with Crippen molar-refractivity contribution in [2.24, 2.45) is 0 Å². The van der Waals surface area contributed by atoms with E-state index in [1.54, 1.807) is 11.3 Å². The Morgan fingerprint density at radius 2 is 2.26 bits per heavy atom. The van der Waals surface area contributed by atoms with Crippen molar-refractivity contribution in [2.45, 2.75) is 13.1 Å². The lowest BCUT2D eigenvalue weighted by molar-refractivity contribution is 0.318. The third-order valence-corrected chi connectivity index (χ3v) is 3.47. The molecule has 19 heavy (non-hydrogen) atoms. The molecule has 98 valence electrons. The number of thiophene rings is 1. The van der Waals surface area contributed by atoms with Crippen molar-refractivity contribution < 1.29 is 5.11 Å². The Kier molecular flexibility index (Phi) is 5.10. The van der Waals surface area contributed by atoms with Gasteiger partial charge in [0.1, 0.15) is 6.61 Å². The predicted molar refractivity (Wildman–Crippen MR) is 77.7 cm³/mol. The van der Waals surface area contributed by atoms with E-state index in [1.165, 1.54) is 4.88 Å². The minimum Gasteiger partial charge on any atom is -0.384 e. The number of hydrogen-bond donors (Lipinski definition) is 1. The van der Waals surface area contributed by atoms with Gasteiger partial charge in [0.2, 0.25) is 0 Å². The van der Waals surface area contributed by atoms with Crippen LogP contribution in [-0.4, -0.2) is 28.6 Å². The van der Waals surface area contributed by atoms with Crippen molar-refractivity contribution in [2.75, 3.05) is 13.7 Å². The van der Waals surface area contributed by atoms with E-state index in [0.29, 0.717) is 0 Å². The Hall–Kier alpha value is -1.67. The molecule has 0 amide bonds. The molecule has 3 nitrogen and oxygen atoms in total. The quantitative estimate of drug-likeness (QED) is 0.866. The highest BCUT2D eigenvalue weighted by atomic mass is 32.1. The molecule has 0 atom stereocenters. The first-order chi connectivity index (χ1) is 9.28. The molecule has 4 heteroatoms. The zero-order valence-electron chi connectivity index (χ0n) is 10.8. The Morgan fingerprint density at radius 1 is 1.37 bits per heavy atom. The summed E-state index contributed by atoms with van der Waals surface area (Å²) in [5.41, 5.74) is 2.04. The molecule has 0 saturated heterocycles. The van der Waals surface area contributed by atoms with Gasteiger partial charge in [0, 0.05) is 35.1 Å². The summed E-state index contributed by atoms with van der Waals surface area (Å²) in [5, 5.41) is 10.7. The molecule has 0 aliphatic heterocycles. The topological polar surface area (TPSA) is 36.4 Å². The van der Waals surface area contributed by atoms with Crippen molar-refractivity contribution in [3.05, 3.63) is 52.0 Å². The van der Waals surface area contributed by atoms with Crippen LogP contribution in [0.1, 0.15) is 16.1 Å². The molecule has 2 heterocycles. The first-order valence-corrected chi connectivity index (χ1v) is 6.91. The van der Waals surface area contributed by atoms with Gasteiger partial charge in [0.15, 0.2) is 0 Å². The highest BCUT2D eigenvalue weighted by Gasteiger charge is 2.04. The third-order valence-electron chi connectivity index (χ3n) is 2.55. The highest BCUT2D eigenvalue weighted by Crippen LogP contribution is 2.16. The average molecular weight is 272 g/mol. The van der Waals surface area contributed by atoms with Crippen LogP contribution < -0.4 is 0 Å². The Labute approximate surface area is 117 Å². The van der Waals surface area contributed by atoms with Crippen LogP contribution in [0, 0.1) is 11.8 Å². The summed E-state index contributed by atoms with van der Waals surface area (Å²) >= 11 is 1.69. The fraction of sp³-hybridized carbons (Fsp3) is 0.267. The van der Waals surface area contributed by atoms with Gasteiger partial charge in [-0.3, -0.25) is 9.88 Å². The lowest BCUT2D eigenvalue weighted by Gasteiger charge is -2.14. The summed E-state index contributed by atoms with van der Waals surface area (Å²) < 4.78 is 0. The molecule has 2 aromatic rings. The van der Waals surface area contributed by atoms with Crippen molar-refractivity contribution in [3.8, 4) is 11.8 Å². The van der Waals surface area contributed by atoms with Crippen LogP contribution in [0.25, 0.3) is 0 Å². The molecule has 0 fully saturated rings. The van der Waals surface area contributed by atoms with Crippen molar-refractivity contribution in [1.29, 1.82) is 0 Å². The maximum absolute atomic E-state index is 8.66. The fourth-order valence-corrected chi connectivity index (χ4v) is 2.66. The SMILES string of the molecule is CN(Cc1ccccn1)Cc1cc(C#CCO)cs1. The largest absolute Gasteiger partial charge is 0.384 e. The lowest BCUT2D eigenvalue weighted by atomic mass is 10.3. The molecule has 0 aliphatic rings. The average Bonchev–Trinajstić information content (AvgIpc) is 2.85. The Morgan fingerprint density at radius 3 is 3.00 bits per heavy atom. The summed E-state index contributed by atoms with van der Waals surface area (Å²) in [6, 6.07) is 8.03. The molecule has 0 spiro atoms. The van der Waals surface area contributed by atoms with E-state index in [-0.39, 0.29) is 6.61 Å². The Bertz CT molecular complexity index is 569. The first-order valence-electron chi connectivity index (χ1n) is 6.03. The van der Waals surface area contributed by atoms with Gasteiger partial charge in [0.05, 0.1) is 5.69 Å². The number of hydrogen-bond acceptors (Lipinski definition) is 4. The predicted octanol–water partition coefficient (Wildman–Crippen LogP) is 2.12. The van der Waals surface area contributed by atoms with Gasteiger partial charge in [-0.15, -0.1) is 11.3 Å². The summed E-state index contributed by atoms with van der Waals surface area (Å²) in [6.07, 6.45) is 1.82. The number of aromatic nitrogens is 1. The van der Waals surface area contributed by atoms with Gasteiger partial charge in [-0.05, 0) is 25.2 Å². The van der Waals surface area contributed by atoms with Crippen LogP contribution in [0.5, 0.6) is 0 Å². The van der Waals surface area contributed by atoms with E-state index >= 15 is 0 Å². The normalized spacial score (nSPS) is 10.3. The number of aliphatic hydroxyl groups is 1. The second-order valence-corrected chi connectivity index (χ2v) is 5.25. The third kappa shape index (κ3) is 4.49. The number of rotatable bonds is 4. The van der Waals surface area contributed by atoms with Gasteiger partial charge < -0.3 is 5.11 Å². The molecule has 0 radical (unpaired) electrons. The van der Waals surface area contributed by atoms with Gasteiger partial charge in [-0.1, -0.05) is 17.9 Å². The first kappa shape index (κ1) is 13.8. The minimum absolute atomic E-state index is 0.0925. The zero-order valence-corrected chi connectivity index (χ0v) is 11.7. The maximum atomic E-state index is 8.66. The monoisotopic (exact) mass is 272 g/mol. The second-order valence-electron chi connectivity index (χ2n) is 4.25. The summed E-state index contributed by atoms with van der Waals surface area (Å²) in [5.74, 6) is 5.58. The summed E-state index contributed by atoms with van der Waals surface area (Å²) in [6.45, 7) is 1.61. The minimum atomic E-state index is -0.0925. The van der Waals surface area contributed by atoms with Crippen LogP contribution in [-0.2, 0) is 13.1 Å². The van der Waals surface area contributed by atoms with Gasteiger partial charge >= 0.3 is 0 Å². The molecule has 0 saturated carbocycles. The molecular weight excluding hydrogens is 256 g/mol. The molecule has 0 bridgehead atoms. The number of pyridine rings is 1. The van der Waals surface area contributed by atoms with Crippen LogP contribution in [0.3, 0.4) is 0 Å². The van der Waals surface area contributed by atoms with Crippen LogP contribution in [0.15, 0.2) is 35.8 Å². The summed E-state index contributed by atoms with van der Waals surface area (Å²) in [4.78, 5) is 7.80. The molecular formula is C15H16N2OS. The van der Waals surface area contributed by atoms with Gasteiger partial charge in [-0.2, -0.15) is 0 Å².